The second-order valence-corrected chi connectivity index (χ2v) is 12.5. The number of carbonyl (C=O) groups excluding carboxylic acids is 2. The first-order chi connectivity index (χ1) is 19.4. The smallest absolute Gasteiger partial charge is 0.243 e. The van der Waals surface area contributed by atoms with E-state index in [1.54, 1.807) is 37.8 Å². The van der Waals surface area contributed by atoms with Gasteiger partial charge in [-0.15, -0.1) is 0 Å². The van der Waals surface area contributed by atoms with Crippen molar-refractivity contribution in [1.82, 2.24) is 14.1 Å². The lowest BCUT2D eigenvalue weighted by Crippen LogP contribution is -2.33. The van der Waals surface area contributed by atoms with Gasteiger partial charge in [0.15, 0.2) is 0 Å². The number of ketones is 1. The Balaban J connectivity index is 0.000000287. The van der Waals surface area contributed by atoms with Crippen molar-refractivity contribution in [2.24, 2.45) is 0 Å². The predicted octanol–water partition coefficient (Wildman–Crippen LogP) is 4.44. The van der Waals surface area contributed by atoms with Crippen molar-refractivity contribution in [3.05, 3.63) is 53.1 Å². The summed E-state index contributed by atoms with van der Waals surface area (Å²) in [5.41, 5.74) is 2.35. The summed E-state index contributed by atoms with van der Waals surface area (Å²) in [7, 11) is 1.10. The second-order valence-electron chi connectivity index (χ2n) is 10.6. The van der Waals surface area contributed by atoms with Gasteiger partial charge in [-0.3, -0.25) is 14.5 Å². The zero-order valence-electron chi connectivity index (χ0n) is 25.7. The monoisotopic (exact) mass is 589 g/mol. The largest absolute Gasteiger partial charge is 0.497 e. The molecule has 1 fully saturated rings. The number of likely N-dealkylation sites (N-methyl/N-ethyl adjacent to an activating group) is 1. The third-order valence-electron chi connectivity index (χ3n) is 7.02. The summed E-state index contributed by atoms with van der Waals surface area (Å²) >= 11 is 0. The number of aryl methyl sites for hydroxylation is 2. The Hall–Kier alpha value is -2.95. The third kappa shape index (κ3) is 10.8. The summed E-state index contributed by atoms with van der Waals surface area (Å²) in [6.07, 6.45) is 3.74. The summed E-state index contributed by atoms with van der Waals surface area (Å²) in [6.45, 7) is 11.6. The van der Waals surface area contributed by atoms with Gasteiger partial charge in [-0.25, -0.2) is 8.42 Å². The molecule has 0 atom stereocenters. The van der Waals surface area contributed by atoms with Crippen LogP contribution in [0.15, 0.2) is 41.3 Å². The first-order valence-corrected chi connectivity index (χ1v) is 15.6. The second kappa shape index (κ2) is 16.5. The number of Topliss-reactive ketones (excluding diaryl/α,β-unsaturated/α-hetero) is 1. The molecule has 228 valence electrons. The van der Waals surface area contributed by atoms with Crippen molar-refractivity contribution in [3.63, 3.8) is 0 Å². The van der Waals surface area contributed by atoms with Gasteiger partial charge in [-0.1, -0.05) is 19.1 Å². The summed E-state index contributed by atoms with van der Waals surface area (Å²) in [4.78, 5) is 27.2. The fraction of sp³-hybridized carbons (Fsp3) is 0.548. The lowest BCUT2D eigenvalue weighted by Gasteiger charge is -2.20. The van der Waals surface area contributed by atoms with E-state index < -0.39 is 10.0 Å². The zero-order valence-corrected chi connectivity index (χ0v) is 26.6. The van der Waals surface area contributed by atoms with Crippen molar-refractivity contribution < 1.29 is 27.5 Å². The molecule has 1 saturated heterocycles. The zero-order chi connectivity index (χ0) is 30.6. The molecule has 0 unspecified atom stereocenters. The van der Waals surface area contributed by atoms with Gasteiger partial charge in [0.05, 0.1) is 18.6 Å². The SMILES string of the molecule is CC(=O)N(C)Cc1ccc(OCCN2CCCC2)cc1.CCCC(=O)CN(C)S(=O)(=O)c1c(C)cc(OC)cc1C. The number of methoxy groups -OCH3 is 1. The molecular formula is C31H47N3O6S. The molecule has 1 aliphatic heterocycles. The minimum atomic E-state index is -3.68. The van der Waals surface area contributed by atoms with E-state index in [2.05, 4.69) is 4.90 Å². The Morgan fingerprint density at radius 2 is 1.56 bits per heavy atom. The Kier molecular flexibility index (Phi) is 13.8. The number of ether oxygens (including phenoxy) is 2. The number of sulfonamides is 1. The molecule has 0 aliphatic carbocycles. The average molecular weight is 590 g/mol. The number of hydrogen-bond acceptors (Lipinski definition) is 7. The molecule has 0 spiro atoms. The van der Waals surface area contributed by atoms with Crippen LogP contribution in [0.25, 0.3) is 0 Å². The van der Waals surface area contributed by atoms with Gasteiger partial charge in [0, 0.05) is 40.5 Å². The van der Waals surface area contributed by atoms with Crippen molar-refractivity contribution in [2.75, 3.05) is 54.0 Å². The number of hydrogen-bond donors (Lipinski definition) is 0. The van der Waals surface area contributed by atoms with Gasteiger partial charge < -0.3 is 14.4 Å². The molecule has 2 aromatic rings. The maximum atomic E-state index is 12.6. The molecule has 3 rings (SSSR count). The molecule has 0 aromatic heterocycles. The summed E-state index contributed by atoms with van der Waals surface area (Å²) in [5.74, 6) is 1.52. The van der Waals surface area contributed by atoms with E-state index in [0.717, 1.165) is 28.8 Å². The number of benzene rings is 2. The van der Waals surface area contributed by atoms with E-state index in [1.165, 1.54) is 40.1 Å². The van der Waals surface area contributed by atoms with E-state index in [1.807, 2.05) is 38.2 Å². The standard InChI is InChI=1S/C16H24N2O2.C15H23NO4S/c1-14(19)17(2)13-15-5-7-16(8-6-15)20-12-11-18-9-3-4-10-18;1-6-7-13(17)10-16(4)21(18,19)15-11(2)8-14(20-5)9-12(15)3/h5-8H,3-4,9-13H2,1-2H3;8-9H,6-7,10H2,1-5H3. The van der Waals surface area contributed by atoms with E-state index in [9.17, 15) is 18.0 Å². The molecule has 0 bridgehead atoms. The third-order valence-corrected chi connectivity index (χ3v) is 9.13. The number of carbonyl (C=O) groups is 2. The Morgan fingerprint density at radius 3 is 2.07 bits per heavy atom. The number of amides is 1. The summed E-state index contributed by atoms with van der Waals surface area (Å²) in [5, 5.41) is 0. The maximum absolute atomic E-state index is 12.6. The molecule has 1 amide bonds. The quantitative estimate of drug-likeness (QED) is 0.341. The minimum absolute atomic E-state index is 0.0765. The van der Waals surface area contributed by atoms with Crippen molar-refractivity contribution in [1.29, 1.82) is 0 Å². The molecule has 0 radical (unpaired) electrons. The first-order valence-electron chi connectivity index (χ1n) is 14.2. The number of nitrogens with zero attached hydrogens (tertiary/aromatic N) is 3. The van der Waals surface area contributed by atoms with Crippen molar-refractivity contribution >= 4 is 21.7 Å². The predicted molar refractivity (Wildman–Crippen MR) is 162 cm³/mol. The van der Waals surface area contributed by atoms with Crippen LogP contribution in [-0.2, 0) is 26.2 Å². The Bertz CT molecular complexity index is 1220. The molecule has 1 aliphatic rings. The highest BCUT2D eigenvalue weighted by molar-refractivity contribution is 7.89. The van der Waals surface area contributed by atoms with Crippen LogP contribution in [0.5, 0.6) is 11.5 Å². The van der Waals surface area contributed by atoms with E-state index in [0.29, 0.717) is 36.3 Å². The fourth-order valence-corrected chi connectivity index (χ4v) is 6.21. The summed E-state index contributed by atoms with van der Waals surface area (Å²) < 4.78 is 37.3. The van der Waals surface area contributed by atoms with Gasteiger partial charge in [0.2, 0.25) is 15.9 Å². The van der Waals surface area contributed by atoms with E-state index >= 15 is 0 Å². The lowest BCUT2D eigenvalue weighted by molar-refractivity contribution is -0.128. The highest BCUT2D eigenvalue weighted by Gasteiger charge is 2.26. The Labute approximate surface area is 246 Å². The van der Waals surface area contributed by atoms with Crippen LogP contribution in [0.4, 0.5) is 0 Å². The maximum Gasteiger partial charge on any atom is 0.243 e. The first kappa shape index (κ1) is 34.3. The van der Waals surface area contributed by atoms with Crippen molar-refractivity contribution in [2.45, 2.75) is 64.8 Å². The molecule has 1 heterocycles. The van der Waals surface area contributed by atoms with Gasteiger partial charge in [-0.05, 0) is 87.2 Å². The molecule has 9 nitrogen and oxygen atoms in total. The van der Waals surface area contributed by atoms with Crippen LogP contribution in [0.2, 0.25) is 0 Å². The van der Waals surface area contributed by atoms with Crippen LogP contribution in [0, 0.1) is 13.8 Å². The van der Waals surface area contributed by atoms with Crippen LogP contribution in [0.1, 0.15) is 56.2 Å². The van der Waals surface area contributed by atoms with Crippen molar-refractivity contribution in [3.8, 4) is 11.5 Å². The molecule has 0 N–H and O–H groups in total. The highest BCUT2D eigenvalue weighted by Crippen LogP contribution is 2.27. The molecule has 0 saturated carbocycles. The van der Waals surface area contributed by atoms with Crippen LogP contribution in [0.3, 0.4) is 0 Å². The minimum Gasteiger partial charge on any atom is -0.497 e. The Morgan fingerprint density at radius 1 is 0.976 bits per heavy atom. The van der Waals surface area contributed by atoms with Crippen LogP contribution in [-0.4, -0.2) is 88.2 Å². The number of rotatable bonds is 13. The van der Waals surface area contributed by atoms with Gasteiger partial charge in [-0.2, -0.15) is 4.31 Å². The van der Waals surface area contributed by atoms with Gasteiger partial charge in [0.1, 0.15) is 23.9 Å². The highest BCUT2D eigenvalue weighted by atomic mass is 32.2. The fourth-order valence-electron chi connectivity index (χ4n) is 4.66. The molecule has 10 heteroatoms. The summed E-state index contributed by atoms with van der Waals surface area (Å²) in [6, 6.07) is 11.4. The lowest BCUT2D eigenvalue weighted by atomic mass is 10.1. The van der Waals surface area contributed by atoms with E-state index in [-0.39, 0.29) is 23.1 Å². The number of likely N-dealkylation sites (tertiary alicyclic amines) is 1. The normalized spacial score (nSPS) is 13.5. The molecule has 41 heavy (non-hydrogen) atoms. The van der Waals surface area contributed by atoms with Gasteiger partial charge >= 0.3 is 0 Å². The molecular weight excluding hydrogens is 542 g/mol. The van der Waals surface area contributed by atoms with Gasteiger partial charge in [0.25, 0.3) is 0 Å². The topological polar surface area (TPSA) is 96.5 Å². The van der Waals surface area contributed by atoms with E-state index in [4.69, 9.17) is 9.47 Å². The van der Waals surface area contributed by atoms with Crippen LogP contribution >= 0.6 is 0 Å². The van der Waals surface area contributed by atoms with Crippen LogP contribution < -0.4 is 9.47 Å². The molecule has 2 aromatic carbocycles. The average Bonchev–Trinajstić information content (AvgIpc) is 3.43.